The molecule has 0 bridgehead atoms. The number of rotatable bonds is 7. The van der Waals surface area contributed by atoms with Crippen LogP contribution in [0.4, 0.5) is 10.1 Å². The van der Waals surface area contributed by atoms with Crippen molar-refractivity contribution in [2.75, 3.05) is 24.5 Å². The first-order valence-corrected chi connectivity index (χ1v) is 13.2. The molecule has 2 aromatic rings. The third-order valence-electron chi connectivity index (χ3n) is 7.51. The number of carbonyl (C=O) groups excluding carboxylic acids is 1. The topological polar surface area (TPSA) is 56.1 Å². The Bertz CT molecular complexity index is 1110. The van der Waals surface area contributed by atoms with Gasteiger partial charge in [0.1, 0.15) is 5.82 Å². The average molecular weight is 492 g/mol. The number of hydrogen-bond donors (Lipinski definition) is 1. The Labute approximate surface area is 214 Å². The fraction of sp³-hybridized carbons (Fsp3) is 0.467. The third-order valence-corrected chi connectivity index (χ3v) is 7.51. The first-order chi connectivity index (χ1) is 17.4. The Morgan fingerprint density at radius 1 is 1.14 bits per heavy atom. The molecule has 2 heterocycles. The van der Waals surface area contributed by atoms with Crippen molar-refractivity contribution in [1.82, 2.24) is 4.90 Å². The molecule has 0 spiro atoms. The van der Waals surface area contributed by atoms with E-state index in [0.717, 1.165) is 41.9 Å². The van der Waals surface area contributed by atoms with Gasteiger partial charge in [-0.05, 0) is 93.0 Å². The molecule has 0 unspecified atom stereocenters. The second-order valence-corrected chi connectivity index (χ2v) is 10.4. The quantitative estimate of drug-likeness (QED) is 0.283. The van der Waals surface area contributed by atoms with Crippen LogP contribution in [0.5, 0.6) is 0 Å². The minimum atomic E-state index is -0.185. The molecule has 5 nitrogen and oxygen atoms in total. The largest absolute Gasteiger partial charge is 0.411 e. The molecular weight excluding hydrogens is 453 g/mol. The van der Waals surface area contributed by atoms with Gasteiger partial charge in [0.05, 0.1) is 5.71 Å². The summed E-state index contributed by atoms with van der Waals surface area (Å²) in [6.45, 7) is 8.70. The number of likely N-dealkylation sites (tertiary alicyclic amines) is 1. The Morgan fingerprint density at radius 2 is 1.83 bits per heavy atom. The van der Waals surface area contributed by atoms with E-state index in [1.807, 2.05) is 49.9 Å². The number of oxime groups is 1. The lowest BCUT2D eigenvalue weighted by Gasteiger charge is -2.38. The Balaban J connectivity index is 1.52. The van der Waals surface area contributed by atoms with Crippen molar-refractivity contribution in [3.8, 4) is 0 Å². The standard InChI is InChI=1S/C30H38FN3O2/c1-21-17-26(28(32-36)12-9-15-33-13-7-4-8-14-33)18-22(2)29(21)34-20-24(16-23(3)30(34)35)19-25-10-5-6-11-27(25)31/h5-6,9-11,15,17-18,23-24,36H,4,7-8,12-14,16,19-20H2,1-3H3/b15-9+,32-28-/t23-,24-/m1/s1. The lowest BCUT2D eigenvalue weighted by molar-refractivity contribution is -0.124. The molecule has 2 aliphatic heterocycles. The van der Waals surface area contributed by atoms with Crippen LogP contribution < -0.4 is 4.90 Å². The number of halogens is 1. The highest BCUT2D eigenvalue weighted by Gasteiger charge is 2.34. The Hall–Kier alpha value is -3.15. The molecule has 2 aliphatic rings. The summed E-state index contributed by atoms with van der Waals surface area (Å²) in [5, 5.41) is 13.3. The minimum Gasteiger partial charge on any atom is -0.411 e. The number of benzene rings is 2. The van der Waals surface area contributed by atoms with Crippen molar-refractivity contribution in [2.45, 2.75) is 59.3 Å². The summed E-state index contributed by atoms with van der Waals surface area (Å²) in [6, 6.07) is 10.9. The number of hydrogen-bond acceptors (Lipinski definition) is 4. The van der Waals surface area contributed by atoms with E-state index >= 15 is 0 Å². The number of aryl methyl sites for hydroxylation is 2. The van der Waals surface area contributed by atoms with Gasteiger partial charge in [-0.3, -0.25) is 4.79 Å². The second kappa shape index (κ2) is 11.7. The van der Waals surface area contributed by atoms with Gasteiger partial charge in [-0.1, -0.05) is 36.4 Å². The van der Waals surface area contributed by atoms with Gasteiger partial charge in [-0.15, -0.1) is 0 Å². The van der Waals surface area contributed by atoms with Crippen LogP contribution >= 0.6 is 0 Å². The molecule has 2 saturated heterocycles. The highest BCUT2D eigenvalue weighted by molar-refractivity contribution is 6.03. The Morgan fingerprint density at radius 3 is 2.50 bits per heavy atom. The number of piperidine rings is 2. The average Bonchev–Trinajstić information content (AvgIpc) is 2.86. The lowest BCUT2D eigenvalue weighted by atomic mass is 9.84. The van der Waals surface area contributed by atoms with Gasteiger partial charge in [0.15, 0.2) is 0 Å². The van der Waals surface area contributed by atoms with E-state index in [2.05, 4.69) is 22.3 Å². The van der Waals surface area contributed by atoms with Crippen molar-refractivity contribution in [2.24, 2.45) is 17.0 Å². The summed E-state index contributed by atoms with van der Waals surface area (Å²) >= 11 is 0. The third kappa shape index (κ3) is 5.97. The van der Waals surface area contributed by atoms with Crippen LogP contribution in [-0.2, 0) is 11.2 Å². The number of anilines is 1. The van der Waals surface area contributed by atoms with E-state index < -0.39 is 0 Å². The van der Waals surface area contributed by atoms with Gasteiger partial charge in [0.2, 0.25) is 5.91 Å². The van der Waals surface area contributed by atoms with Crippen LogP contribution in [0, 0.1) is 31.5 Å². The van der Waals surface area contributed by atoms with Crippen LogP contribution in [0.15, 0.2) is 53.8 Å². The van der Waals surface area contributed by atoms with Crippen molar-refractivity contribution >= 4 is 17.3 Å². The van der Waals surface area contributed by atoms with Crippen LogP contribution in [0.3, 0.4) is 0 Å². The summed E-state index contributed by atoms with van der Waals surface area (Å²) in [5.41, 5.74) is 5.03. The Kier molecular flexibility index (Phi) is 8.44. The molecule has 192 valence electrons. The van der Waals surface area contributed by atoms with Crippen molar-refractivity contribution in [1.29, 1.82) is 0 Å². The summed E-state index contributed by atoms with van der Waals surface area (Å²) in [6.07, 6.45) is 9.81. The normalized spacial score (nSPS) is 21.4. The van der Waals surface area contributed by atoms with E-state index in [9.17, 15) is 14.4 Å². The molecule has 2 aromatic carbocycles. The van der Waals surface area contributed by atoms with Crippen LogP contribution in [0.2, 0.25) is 0 Å². The van der Waals surface area contributed by atoms with Crippen LogP contribution in [0.25, 0.3) is 0 Å². The molecule has 1 amide bonds. The highest BCUT2D eigenvalue weighted by atomic mass is 19.1. The molecule has 0 aromatic heterocycles. The molecule has 2 atom stereocenters. The molecule has 0 radical (unpaired) electrons. The maximum absolute atomic E-state index is 14.3. The summed E-state index contributed by atoms with van der Waals surface area (Å²) in [4.78, 5) is 17.4. The van der Waals surface area contributed by atoms with E-state index in [-0.39, 0.29) is 23.6 Å². The van der Waals surface area contributed by atoms with Gasteiger partial charge < -0.3 is 15.0 Å². The predicted octanol–water partition coefficient (Wildman–Crippen LogP) is 6.24. The fourth-order valence-corrected chi connectivity index (χ4v) is 5.76. The molecule has 1 N–H and O–H groups in total. The smallest absolute Gasteiger partial charge is 0.229 e. The van der Waals surface area contributed by atoms with Gasteiger partial charge >= 0.3 is 0 Å². The van der Waals surface area contributed by atoms with Crippen molar-refractivity contribution < 1.29 is 14.4 Å². The van der Waals surface area contributed by atoms with Crippen molar-refractivity contribution in [3.63, 3.8) is 0 Å². The molecule has 2 fully saturated rings. The van der Waals surface area contributed by atoms with E-state index in [4.69, 9.17) is 0 Å². The lowest BCUT2D eigenvalue weighted by Crippen LogP contribution is -2.46. The minimum absolute atomic E-state index is 0.110. The van der Waals surface area contributed by atoms with Gasteiger partial charge in [-0.2, -0.15) is 0 Å². The zero-order valence-corrected chi connectivity index (χ0v) is 21.7. The van der Waals surface area contributed by atoms with E-state index in [1.54, 1.807) is 6.07 Å². The molecular formula is C30H38FN3O2. The molecule has 0 saturated carbocycles. The maximum Gasteiger partial charge on any atom is 0.229 e. The highest BCUT2D eigenvalue weighted by Crippen LogP contribution is 2.34. The second-order valence-electron chi connectivity index (χ2n) is 10.4. The molecule has 0 aliphatic carbocycles. The maximum atomic E-state index is 14.3. The van der Waals surface area contributed by atoms with E-state index in [1.165, 1.54) is 25.3 Å². The van der Waals surface area contributed by atoms with Crippen LogP contribution in [0.1, 0.15) is 61.3 Å². The van der Waals surface area contributed by atoms with Crippen molar-refractivity contribution in [3.05, 3.63) is 76.7 Å². The zero-order valence-electron chi connectivity index (χ0n) is 21.7. The predicted molar refractivity (Wildman–Crippen MR) is 143 cm³/mol. The molecule has 36 heavy (non-hydrogen) atoms. The first-order valence-electron chi connectivity index (χ1n) is 13.2. The number of nitrogens with zero attached hydrogens (tertiary/aromatic N) is 3. The zero-order chi connectivity index (χ0) is 25.7. The fourth-order valence-electron chi connectivity index (χ4n) is 5.76. The molecule has 6 heteroatoms. The number of amides is 1. The van der Waals surface area contributed by atoms with Crippen LogP contribution in [-0.4, -0.2) is 41.4 Å². The molecule has 4 rings (SSSR count). The van der Waals surface area contributed by atoms with E-state index in [0.29, 0.717) is 30.7 Å². The summed E-state index contributed by atoms with van der Waals surface area (Å²) < 4.78 is 14.3. The first kappa shape index (κ1) is 25.9. The number of carbonyl (C=O) groups is 1. The number of allylic oxidation sites excluding steroid dienone is 1. The van der Waals surface area contributed by atoms with Gasteiger partial charge in [0, 0.05) is 43.2 Å². The summed E-state index contributed by atoms with van der Waals surface area (Å²) in [7, 11) is 0. The SMILES string of the molecule is Cc1cc(/C(C/C=C/N2CCCCC2)=N\O)cc(C)c1N1C[C@@H](Cc2ccccc2F)C[C@@H](C)C1=O. The van der Waals surface area contributed by atoms with Gasteiger partial charge in [-0.25, -0.2) is 4.39 Å². The summed E-state index contributed by atoms with van der Waals surface area (Å²) in [5.74, 6) is -0.0132. The monoisotopic (exact) mass is 491 g/mol. The van der Waals surface area contributed by atoms with Gasteiger partial charge in [0.25, 0.3) is 0 Å².